The van der Waals surface area contributed by atoms with Gasteiger partial charge in [0.2, 0.25) is 5.91 Å². The minimum Gasteiger partial charge on any atom is -0.486 e. The van der Waals surface area contributed by atoms with Gasteiger partial charge in [0.05, 0.1) is 12.2 Å². The number of aryl methyl sites for hydroxylation is 1. The van der Waals surface area contributed by atoms with Crippen molar-refractivity contribution in [1.82, 2.24) is 9.88 Å². The number of para-hydroxylation sites is 1. The molecule has 1 fully saturated rings. The zero-order valence-electron chi connectivity index (χ0n) is 13.6. The van der Waals surface area contributed by atoms with Gasteiger partial charge in [-0.25, -0.2) is 4.98 Å². The topological polar surface area (TPSA) is 42.4 Å². The van der Waals surface area contributed by atoms with E-state index in [0.29, 0.717) is 25.6 Å². The fraction of sp³-hybridized carbons (Fsp3) is 0.444. The summed E-state index contributed by atoms with van der Waals surface area (Å²) >= 11 is 1.59. The monoisotopic (exact) mass is 330 g/mol. The number of nitrogens with zero attached hydrogens (tertiary/aromatic N) is 2. The minimum atomic E-state index is 0.221. The molecule has 1 heterocycles. The molecular formula is C18H22N2O2S. The first-order chi connectivity index (χ1) is 11.2. The minimum absolute atomic E-state index is 0.221. The number of carbonyl (C=O) groups is 1. The Bertz CT molecular complexity index is 679. The molecule has 1 aromatic carbocycles. The lowest BCUT2D eigenvalue weighted by Crippen LogP contribution is -2.32. The molecule has 1 saturated carbocycles. The second kappa shape index (κ2) is 7.13. The SMILES string of the molecule is CCC(=O)N(Cc1csc(COc2ccccc2C)n1)C1CC1. The molecule has 1 amide bonds. The Kier molecular flexibility index (Phi) is 4.96. The molecule has 23 heavy (non-hydrogen) atoms. The van der Waals surface area contributed by atoms with E-state index in [-0.39, 0.29) is 5.91 Å². The van der Waals surface area contributed by atoms with Gasteiger partial charge in [-0.05, 0) is 31.4 Å². The molecule has 2 aromatic rings. The van der Waals surface area contributed by atoms with Crippen molar-refractivity contribution in [2.75, 3.05) is 0 Å². The highest BCUT2D eigenvalue weighted by atomic mass is 32.1. The number of amides is 1. The predicted octanol–water partition coefficient (Wildman–Crippen LogP) is 3.93. The third-order valence-corrected chi connectivity index (χ3v) is 4.86. The quantitative estimate of drug-likeness (QED) is 0.772. The third kappa shape index (κ3) is 4.10. The summed E-state index contributed by atoms with van der Waals surface area (Å²) in [5, 5.41) is 2.98. The van der Waals surface area contributed by atoms with Crippen molar-refractivity contribution < 1.29 is 9.53 Å². The van der Waals surface area contributed by atoms with E-state index in [1.165, 1.54) is 0 Å². The van der Waals surface area contributed by atoms with Gasteiger partial charge in [-0.2, -0.15) is 0 Å². The van der Waals surface area contributed by atoms with Crippen LogP contribution in [0.15, 0.2) is 29.6 Å². The summed E-state index contributed by atoms with van der Waals surface area (Å²) in [5.41, 5.74) is 2.09. The second-order valence-corrected chi connectivity index (χ2v) is 6.84. The van der Waals surface area contributed by atoms with E-state index >= 15 is 0 Å². The summed E-state index contributed by atoms with van der Waals surface area (Å²) in [6, 6.07) is 8.40. The van der Waals surface area contributed by atoms with Gasteiger partial charge >= 0.3 is 0 Å². The molecule has 1 aliphatic rings. The molecule has 0 saturated heterocycles. The van der Waals surface area contributed by atoms with Crippen LogP contribution in [0.1, 0.15) is 42.5 Å². The van der Waals surface area contributed by atoms with Gasteiger partial charge in [-0.15, -0.1) is 11.3 Å². The molecule has 0 spiro atoms. The van der Waals surface area contributed by atoms with E-state index < -0.39 is 0 Å². The normalized spacial score (nSPS) is 13.8. The summed E-state index contributed by atoms with van der Waals surface area (Å²) < 4.78 is 5.84. The molecule has 0 radical (unpaired) electrons. The highest BCUT2D eigenvalue weighted by molar-refractivity contribution is 7.09. The number of rotatable bonds is 7. The van der Waals surface area contributed by atoms with E-state index in [2.05, 4.69) is 4.98 Å². The van der Waals surface area contributed by atoms with E-state index in [9.17, 15) is 4.79 Å². The van der Waals surface area contributed by atoms with Crippen molar-refractivity contribution in [1.29, 1.82) is 0 Å². The standard InChI is InChI=1S/C18H22N2O2S/c1-3-18(21)20(15-8-9-15)10-14-12-23-17(19-14)11-22-16-7-5-4-6-13(16)2/h4-7,12,15H,3,8-11H2,1-2H3. The number of ether oxygens (including phenoxy) is 1. The third-order valence-electron chi connectivity index (χ3n) is 3.99. The molecule has 5 heteroatoms. The van der Waals surface area contributed by atoms with Crippen LogP contribution in [0.2, 0.25) is 0 Å². The van der Waals surface area contributed by atoms with Crippen molar-refractivity contribution in [2.45, 2.75) is 52.3 Å². The van der Waals surface area contributed by atoms with Gasteiger partial charge in [0.25, 0.3) is 0 Å². The summed E-state index contributed by atoms with van der Waals surface area (Å²) in [4.78, 5) is 18.6. The van der Waals surface area contributed by atoms with E-state index in [1.54, 1.807) is 11.3 Å². The average Bonchev–Trinajstić information content (AvgIpc) is 3.31. The number of hydrogen-bond donors (Lipinski definition) is 0. The summed E-state index contributed by atoms with van der Waals surface area (Å²) in [5.74, 6) is 1.11. The van der Waals surface area contributed by atoms with Crippen molar-refractivity contribution in [3.05, 3.63) is 45.9 Å². The lowest BCUT2D eigenvalue weighted by Gasteiger charge is -2.20. The van der Waals surface area contributed by atoms with Crippen molar-refractivity contribution in [3.8, 4) is 5.75 Å². The van der Waals surface area contributed by atoms with Crippen LogP contribution in [0.4, 0.5) is 0 Å². The van der Waals surface area contributed by atoms with Gasteiger partial charge < -0.3 is 9.64 Å². The maximum Gasteiger partial charge on any atom is 0.222 e. The molecular weight excluding hydrogens is 308 g/mol. The fourth-order valence-corrected chi connectivity index (χ4v) is 3.23. The maximum atomic E-state index is 12.0. The van der Waals surface area contributed by atoms with Crippen LogP contribution in [0.5, 0.6) is 5.75 Å². The van der Waals surface area contributed by atoms with Crippen LogP contribution in [-0.2, 0) is 17.9 Å². The lowest BCUT2D eigenvalue weighted by atomic mass is 10.2. The largest absolute Gasteiger partial charge is 0.486 e. The summed E-state index contributed by atoms with van der Waals surface area (Å²) in [6.45, 7) is 5.05. The van der Waals surface area contributed by atoms with Gasteiger partial charge in [0, 0.05) is 17.8 Å². The number of benzene rings is 1. The molecule has 0 unspecified atom stereocenters. The highest BCUT2D eigenvalue weighted by Crippen LogP contribution is 2.29. The van der Waals surface area contributed by atoms with Crippen LogP contribution in [0, 0.1) is 6.92 Å². The molecule has 0 N–H and O–H groups in total. The van der Waals surface area contributed by atoms with E-state index in [4.69, 9.17) is 4.74 Å². The van der Waals surface area contributed by atoms with Gasteiger partial charge in [-0.3, -0.25) is 4.79 Å². The Labute approximate surface area is 141 Å². The average molecular weight is 330 g/mol. The molecule has 3 rings (SSSR count). The Morgan fingerprint density at radius 1 is 1.39 bits per heavy atom. The first kappa shape index (κ1) is 16.0. The van der Waals surface area contributed by atoms with Crippen molar-refractivity contribution in [3.63, 3.8) is 0 Å². The second-order valence-electron chi connectivity index (χ2n) is 5.89. The Hall–Kier alpha value is -1.88. The van der Waals surface area contributed by atoms with Crippen LogP contribution < -0.4 is 4.74 Å². The maximum absolute atomic E-state index is 12.0. The number of thiazole rings is 1. The Morgan fingerprint density at radius 2 is 2.17 bits per heavy atom. The smallest absolute Gasteiger partial charge is 0.222 e. The lowest BCUT2D eigenvalue weighted by molar-refractivity contribution is -0.132. The Morgan fingerprint density at radius 3 is 2.87 bits per heavy atom. The highest BCUT2D eigenvalue weighted by Gasteiger charge is 2.32. The van der Waals surface area contributed by atoms with Gasteiger partial charge in [-0.1, -0.05) is 25.1 Å². The van der Waals surface area contributed by atoms with E-state index in [0.717, 1.165) is 34.9 Å². The van der Waals surface area contributed by atoms with Crippen LogP contribution >= 0.6 is 11.3 Å². The molecule has 0 atom stereocenters. The van der Waals surface area contributed by atoms with Crippen LogP contribution in [0.25, 0.3) is 0 Å². The van der Waals surface area contributed by atoms with Crippen LogP contribution in [0.3, 0.4) is 0 Å². The molecule has 4 nitrogen and oxygen atoms in total. The molecule has 0 bridgehead atoms. The molecule has 1 aromatic heterocycles. The van der Waals surface area contributed by atoms with Crippen LogP contribution in [-0.4, -0.2) is 21.8 Å². The molecule has 122 valence electrons. The Balaban J connectivity index is 1.59. The van der Waals surface area contributed by atoms with Gasteiger partial charge in [0.1, 0.15) is 17.4 Å². The number of aromatic nitrogens is 1. The molecule has 0 aliphatic heterocycles. The van der Waals surface area contributed by atoms with Gasteiger partial charge in [0.15, 0.2) is 0 Å². The first-order valence-electron chi connectivity index (χ1n) is 8.08. The zero-order valence-corrected chi connectivity index (χ0v) is 14.4. The fourth-order valence-electron chi connectivity index (χ4n) is 2.53. The number of hydrogen-bond acceptors (Lipinski definition) is 4. The van der Waals surface area contributed by atoms with E-state index in [1.807, 2.05) is 48.4 Å². The number of carbonyl (C=O) groups excluding carboxylic acids is 1. The summed E-state index contributed by atoms with van der Waals surface area (Å²) in [6.07, 6.45) is 2.81. The first-order valence-corrected chi connectivity index (χ1v) is 8.96. The van der Waals surface area contributed by atoms with Crippen molar-refractivity contribution >= 4 is 17.2 Å². The summed E-state index contributed by atoms with van der Waals surface area (Å²) in [7, 11) is 0. The predicted molar refractivity (Wildman–Crippen MR) is 91.5 cm³/mol. The molecule has 1 aliphatic carbocycles. The zero-order chi connectivity index (χ0) is 16.2. The van der Waals surface area contributed by atoms with Crippen molar-refractivity contribution in [2.24, 2.45) is 0 Å².